The highest BCUT2D eigenvalue weighted by molar-refractivity contribution is 7.86. The van der Waals surface area contributed by atoms with Crippen molar-refractivity contribution in [1.82, 2.24) is 4.90 Å². The number of amides is 1. The molecule has 110 valence electrons. The Labute approximate surface area is 121 Å². The molecular formula is C14H20N2O3S. The van der Waals surface area contributed by atoms with Crippen molar-refractivity contribution in [1.29, 1.82) is 0 Å². The van der Waals surface area contributed by atoms with Crippen molar-refractivity contribution in [2.24, 2.45) is 0 Å². The van der Waals surface area contributed by atoms with Crippen molar-refractivity contribution < 1.29 is 13.7 Å². The molecule has 1 aliphatic rings. The van der Waals surface area contributed by atoms with Crippen molar-refractivity contribution in [3.05, 3.63) is 18.2 Å². The maximum atomic E-state index is 12.6. The number of carbonyl (C=O) groups is 1. The lowest BCUT2D eigenvalue weighted by Gasteiger charge is -2.20. The van der Waals surface area contributed by atoms with Gasteiger partial charge in [0, 0.05) is 18.8 Å². The molecule has 0 radical (unpaired) electrons. The first kappa shape index (κ1) is 14.8. The third-order valence-electron chi connectivity index (χ3n) is 3.52. The van der Waals surface area contributed by atoms with Gasteiger partial charge in [0.2, 0.25) is 5.91 Å². The Balaban J connectivity index is 2.19. The van der Waals surface area contributed by atoms with E-state index < -0.39 is 16.0 Å². The number of carbonyl (C=O) groups excluding carboxylic acids is 1. The molecule has 1 aromatic carbocycles. The van der Waals surface area contributed by atoms with Crippen LogP contribution in [0.3, 0.4) is 0 Å². The first-order chi connectivity index (χ1) is 9.54. The summed E-state index contributed by atoms with van der Waals surface area (Å²) in [5.41, 5.74) is 6.28. The standard InChI is InChI=1S/C14H20N2O3S/c1-10(14(17)16-7-3-4-8-16)20(18)13-9-11(19-2)5-6-12(13)15/h5-6,9-10H,3-4,7-8,15H2,1-2H3. The molecule has 0 aromatic heterocycles. The summed E-state index contributed by atoms with van der Waals surface area (Å²) in [5, 5.41) is -0.595. The van der Waals surface area contributed by atoms with Crippen molar-refractivity contribution in [3.8, 4) is 5.75 Å². The van der Waals surface area contributed by atoms with Crippen LogP contribution >= 0.6 is 0 Å². The average Bonchev–Trinajstić information content (AvgIpc) is 2.99. The van der Waals surface area contributed by atoms with Gasteiger partial charge in [0.25, 0.3) is 0 Å². The van der Waals surface area contributed by atoms with E-state index in [1.165, 1.54) is 7.11 Å². The van der Waals surface area contributed by atoms with Gasteiger partial charge in [0.1, 0.15) is 11.0 Å². The van der Waals surface area contributed by atoms with Crippen molar-refractivity contribution in [2.75, 3.05) is 25.9 Å². The second-order valence-electron chi connectivity index (χ2n) is 4.88. The minimum atomic E-state index is -1.47. The Morgan fingerprint density at radius 1 is 1.40 bits per heavy atom. The van der Waals surface area contributed by atoms with Gasteiger partial charge < -0.3 is 15.4 Å². The molecule has 5 nitrogen and oxygen atoms in total. The number of hydrogen-bond donors (Lipinski definition) is 1. The number of rotatable bonds is 4. The fraction of sp³-hybridized carbons (Fsp3) is 0.500. The van der Waals surface area contributed by atoms with Crippen LogP contribution in [0.1, 0.15) is 19.8 Å². The Bertz CT molecular complexity index is 527. The molecule has 1 amide bonds. The van der Waals surface area contributed by atoms with Gasteiger partial charge in [-0.2, -0.15) is 0 Å². The summed E-state index contributed by atoms with van der Waals surface area (Å²) >= 11 is 0. The van der Waals surface area contributed by atoms with E-state index in [0.717, 1.165) is 25.9 Å². The predicted molar refractivity (Wildman–Crippen MR) is 79.1 cm³/mol. The first-order valence-electron chi connectivity index (χ1n) is 6.67. The summed E-state index contributed by atoms with van der Waals surface area (Å²) < 4.78 is 17.7. The Morgan fingerprint density at radius 2 is 2.05 bits per heavy atom. The molecular weight excluding hydrogens is 276 g/mol. The SMILES string of the molecule is COc1ccc(N)c(S(=O)C(C)C(=O)N2CCCC2)c1. The predicted octanol–water partition coefficient (Wildman–Crippen LogP) is 1.40. The molecule has 2 rings (SSSR count). The zero-order valence-electron chi connectivity index (χ0n) is 11.8. The quantitative estimate of drug-likeness (QED) is 0.852. The highest BCUT2D eigenvalue weighted by atomic mass is 32.2. The number of benzene rings is 1. The van der Waals surface area contributed by atoms with Gasteiger partial charge in [-0.25, -0.2) is 0 Å². The molecule has 6 heteroatoms. The molecule has 1 aromatic rings. The molecule has 20 heavy (non-hydrogen) atoms. The first-order valence-corrected chi connectivity index (χ1v) is 7.88. The monoisotopic (exact) mass is 296 g/mol. The molecule has 1 saturated heterocycles. The lowest BCUT2D eigenvalue weighted by molar-refractivity contribution is -0.129. The smallest absolute Gasteiger partial charge is 0.238 e. The average molecular weight is 296 g/mol. The number of ether oxygens (including phenoxy) is 1. The molecule has 1 heterocycles. The van der Waals surface area contributed by atoms with Crippen molar-refractivity contribution in [3.63, 3.8) is 0 Å². The third kappa shape index (κ3) is 2.95. The Kier molecular flexibility index (Phi) is 4.65. The summed E-state index contributed by atoms with van der Waals surface area (Å²) in [7, 11) is 0.0648. The van der Waals surface area contributed by atoms with E-state index in [4.69, 9.17) is 10.5 Å². The number of nitrogen functional groups attached to an aromatic ring is 1. The van der Waals surface area contributed by atoms with E-state index in [1.807, 2.05) is 0 Å². The van der Waals surface area contributed by atoms with Gasteiger partial charge >= 0.3 is 0 Å². The summed E-state index contributed by atoms with van der Waals surface area (Å²) in [6.07, 6.45) is 2.04. The molecule has 0 bridgehead atoms. The number of methoxy groups -OCH3 is 1. The van der Waals surface area contributed by atoms with Crippen LogP contribution in [0.25, 0.3) is 0 Å². The minimum Gasteiger partial charge on any atom is -0.497 e. The second kappa shape index (κ2) is 6.26. The highest BCUT2D eigenvalue weighted by Gasteiger charge is 2.29. The summed E-state index contributed by atoms with van der Waals surface area (Å²) in [6.45, 7) is 3.21. The van der Waals surface area contributed by atoms with Crippen LogP contribution in [-0.4, -0.2) is 40.5 Å². The van der Waals surface area contributed by atoms with Gasteiger partial charge in [-0.1, -0.05) is 0 Å². The van der Waals surface area contributed by atoms with E-state index in [-0.39, 0.29) is 5.91 Å². The van der Waals surface area contributed by atoms with Crippen LogP contribution in [-0.2, 0) is 15.6 Å². The maximum absolute atomic E-state index is 12.6. The molecule has 2 unspecified atom stereocenters. The van der Waals surface area contributed by atoms with E-state index in [9.17, 15) is 9.00 Å². The van der Waals surface area contributed by atoms with Gasteiger partial charge in [-0.15, -0.1) is 0 Å². The van der Waals surface area contributed by atoms with Crippen LogP contribution in [0.4, 0.5) is 5.69 Å². The van der Waals surface area contributed by atoms with Gasteiger partial charge in [0.05, 0.1) is 22.8 Å². The zero-order chi connectivity index (χ0) is 14.7. The van der Waals surface area contributed by atoms with Crippen molar-refractivity contribution >= 4 is 22.4 Å². The van der Waals surface area contributed by atoms with E-state index in [1.54, 1.807) is 30.0 Å². The molecule has 2 atom stereocenters. The number of hydrogen-bond acceptors (Lipinski definition) is 4. The van der Waals surface area contributed by atoms with Crippen molar-refractivity contribution in [2.45, 2.75) is 29.9 Å². The lowest BCUT2D eigenvalue weighted by Crippen LogP contribution is -2.37. The van der Waals surface area contributed by atoms with Gasteiger partial charge in [-0.3, -0.25) is 9.00 Å². The van der Waals surface area contributed by atoms with Crippen LogP contribution in [0.2, 0.25) is 0 Å². The number of likely N-dealkylation sites (tertiary alicyclic amines) is 1. The normalized spacial score (nSPS) is 17.8. The van der Waals surface area contributed by atoms with E-state index in [0.29, 0.717) is 16.3 Å². The van der Waals surface area contributed by atoms with Gasteiger partial charge in [0.15, 0.2) is 0 Å². The fourth-order valence-corrected chi connectivity index (χ4v) is 3.54. The molecule has 1 aliphatic heterocycles. The van der Waals surface area contributed by atoms with Crippen LogP contribution in [0.15, 0.2) is 23.1 Å². The zero-order valence-corrected chi connectivity index (χ0v) is 12.6. The number of nitrogens with two attached hydrogens (primary N) is 1. The largest absolute Gasteiger partial charge is 0.497 e. The molecule has 0 spiro atoms. The lowest BCUT2D eigenvalue weighted by atomic mass is 10.3. The third-order valence-corrected chi connectivity index (χ3v) is 5.16. The Morgan fingerprint density at radius 3 is 2.65 bits per heavy atom. The van der Waals surface area contributed by atoms with E-state index >= 15 is 0 Å². The molecule has 0 aliphatic carbocycles. The fourth-order valence-electron chi connectivity index (χ4n) is 2.29. The number of anilines is 1. The molecule has 0 saturated carbocycles. The highest BCUT2D eigenvalue weighted by Crippen LogP contribution is 2.25. The van der Waals surface area contributed by atoms with Crippen LogP contribution < -0.4 is 10.5 Å². The minimum absolute atomic E-state index is 0.0666. The van der Waals surface area contributed by atoms with Crippen LogP contribution in [0.5, 0.6) is 5.75 Å². The summed E-state index contributed by atoms with van der Waals surface area (Å²) in [6, 6.07) is 5.00. The second-order valence-corrected chi connectivity index (χ2v) is 6.62. The van der Waals surface area contributed by atoms with E-state index in [2.05, 4.69) is 0 Å². The summed E-state index contributed by atoms with van der Waals surface area (Å²) in [5.74, 6) is 0.520. The molecule has 2 N–H and O–H groups in total. The number of nitrogens with zero attached hydrogens (tertiary/aromatic N) is 1. The molecule has 1 fully saturated rings. The topological polar surface area (TPSA) is 72.6 Å². The van der Waals surface area contributed by atoms with Crippen LogP contribution in [0, 0.1) is 0 Å². The summed E-state index contributed by atoms with van der Waals surface area (Å²) in [4.78, 5) is 14.5. The Hall–Kier alpha value is -1.56. The van der Waals surface area contributed by atoms with Gasteiger partial charge in [-0.05, 0) is 38.0 Å². The maximum Gasteiger partial charge on any atom is 0.238 e.